The summed E-state index contributed by atoms with van der Waals surface area (Å²) >= 11 is 6.93. The van der Waals surface area contributed by atoms with Crippen molar-refractivity contribution in [2.75, 3.05) is 0 Å². The fourth-order valence-electron chi connectivity index (χ4n) is 1.39. The fraction of sp³-hybridized carbons (Fsp3) is 0.200. The Labute approximate surface area is 99.7 Å². The first-order valence-electron chi connectivity index (χ1n) is 4.23. The molecule has 0 aliphatic carbocycles. The van der Waals surface area contributed by atoms with Gasteiger partial charge in [0.15, 0.2) is 0 Å². The summed E-state index contributed by atoms with van der Waals surface area (Å²) in [4.78, 5) is 2.51. The number of thiophene rings is 2. The topological polar surface area (TPSA) is 26.0 Å². The summed E-state index contributed by atoms with van der Waals surface area (Å²) in [6.45, 7) is 2.11. The van der Waals surface area contributed by atoms with Gasteiger partial charge < -0.3 is 5.73 Å². The van der Waals surface area contributed by atoms with E-state index < -0.39 is 0 Å². The molecule has 0 bridgehead atoms. The van der Waals surface area contributed by atoms with Gasteiger partial charge in [-0.05, 0) is 45.9 Å². The molecule has 74 valence electrons. The van der Waals surface area contributed by atoms with E-state index in [1.165, 1.54) is 15.3 Å². The van der Waals surface area contributed by atoms with Gasteiger partial charge >= 0.3 is 0 Å². The molecule has 1 nitrogen and oxygen atoms in total. The van der Waals surface area contributed by atoms with Crippen molar-refractivity contribution in [3.8, 4) is 0 Å². The molecule has 2 aromatic heterocycles. The Morgan fingerprint density at radius 2 is 2.29 bits per heavy atom. The van der Waals surface area contributed by atoms with Gasteiger partial charge in [-0.3, -0.25) is 0 Å². The number of hydrogen-bond donors (Lipinski definition) is 1. The third kappa shape index (κ3) is 1.93. The third-order valence-electron chi connectivity index (χ3n) is 2.11. The van der Waals surface area contributed by atoms with E-state index in [1.54, 1.807) is 22.7 Å². The standard InChI is InChI=1S/C10H10BrNS2/c1-6-7(5-9(11)14-6)10(12)8-3-2-4-13-8/h2-5,10H,12H2,1H3. The molecule has 4 heteroatoms. The van der Waals surface area contributed by atoms with Crippen LogP contribution >= 0.6 is 38.6 Å². The van der Waals surface area contributed by atoms with Gasteiger partial charge in [0.25, 0.3) is 0 Å². The van der Waals surface area contributed by atoms with Crippen molar-refractivity contribution in [1.82, 2.24) is 0 Å². The summed E-state index contributed by atoms with van der Waals surface area (Å²) in [5, 5.41) is 2.06. The molecule has 0 aliphatic heterocycles. The van der Waals surface area contributed by atoms with Gasteiger partial charge in [0.2, 0.25) is 0 Å². The Hall–Kier alpha value is -0.160. The molecule has 0 amide bonds. The normalized spacial score (nSPS) is 13.1. The highest BCUT2D eigenvalue weighted by Gasteiger charge is 2.14. The van der Waals surface area contributed by atoms with Gasteiger partial charge in [0.05, 0.1) is 9.83 Å². The first kappa shape index (κ1) is 10.4. The van der Waals surface area contributed by atoms with Gasteiger partial charge in [-0.25, -0.2) is 0 Å². The maximum atomic E-state index is 6.17. The van der Waals surface area contributed by atoms with Gasteiger partial charge in [-0.15, -0.1) is 22.7 Å². The lowest BCUT2D eigenvalue weighted by Gasteiger charge is -2.08. The molecule has 0 aromatic carbocycles. The summed E-state index contributed by atoms with van der Waals surface area (Å²) < 4.78 is 1.15. The molecule has 2 rings (SSSR count). The second-order valence-electron chi connectivity index (χ2n) is 3.06. The van der Waals surface area contributed by atoms with Gasteiger partial charge in [0, 0.05) is 9.75 Å². The van der Waals surface area contributed by atoms with Gasteiger partial charge in [-0.1, -0.05) is 6.07 Å². The van der Waals surface area contributed by atoms with E-state index in [0.717, 1.165) is 3.79 Å². The predicted octanol–water partition coefficient (Wildman–Crippen LogP) is 3.93. The molecular weight excluding hydrogens is 278 g/mol. The van der Waals surface area contributed by atoms with Gasteiger partial charge in [-0.2, -0.15) is 0 Å². The first-order chi connectivity index (χ1) is 6.68. The van der Waals surface area contributed by atoms with E-state index in [4.69, 9.17) is 5.73 Å². The van der Waals surface area contributed by atoms with Crippen molar-refractivity contribution in [2.24, 2.45) is 5.73 Å². The Morgan fingerprint density at radius 1 is 1.50 bits per heavy atom. The Kier molecular flexibility index (Phi) is 3.07. The number of rotatable bonds is 2. The zero-order chi connectivity index (χ0) is 10.1. The molecule has 2 N–H and O–H groups in total. The van der Waals surface area contributed by atoms with E-state index in [9.17, 15) is 0 Å². The maximum Gasteiger partial charge on any atom is 0.0704 e. The fourth-order valence-corrected chi connectivity index (χ4v) is 3.89. The predicted molar refractivity (Wildman–Crippen MR) is 67.1 cm³/mol. The molecule has 0 saturated carbocycles. The SMILES string of the molecule is Cc1sc(Br)cc1C(N)c1cccs1. The summed E-state index contributed by atoms with van der Waals surface area (Å²) in [6, 6.07) is 6.26. The number of nitrogens with two attached hydrogens (primary N) is 1. The Morgan fingerprint density at radius 3 is 2.79 bits per heavy atom. The molecule has 14 heavy (non-hydrogen) atoms. The van der Waals surface area contributed by atoms with Crippen LogP contribution in [0.4, 0.5) is 0 Å². The van der Waals surface area contributed by atoms with Crippen molar-refractivity contribution < 1.29 is 0 Å². The second kappa shape index (κ2) is 4.14. The van der Waals surface area contributed by atoms with Crippen molar-refractivity contribution in [2.45, 2.75) is 13.0 Å². The highest BCUT2D eigenvalue weighted by Crippen LogP contribution is 2.33. The quantitative estimate of drug-likeness (QED) is 0.890. The average Bonchev–Trinajstić information content (AvgIpc) is 2.73. The van der Waals surface area contributed by atoms with Gasteiger partial charge in [0.1, 0.15) is 0 Å². The summed E-state index contributed by atoms with van der Waals surface area (Å²) in [6.07, 6.45) is 0. The summed E-state index contributed by atoms with van der Waals surface area (Å²) in [5.74, 6) is 0. The minimum Gasteiger partial charge on any atom is -0.320 e. The van der Waals surface area contributed by atoms with Crippen LogP contribution < -0.4 is 5.73 Å². The summed E-state index contributed by atoms with van der Waals surface area (Å²) in [7, 11) is 0. The zero-order valence-corrected chi connectivity index (χ0v) is 10.9. The number of aryl methyl sites for hydroxylation is 1. The zero-order valence-electron chi connectivity index (χ0n) is 7.66. The lowest BCUT2D eigenvalue weighted by atomic mass is 10.1. The number of hydrogen-bond acceptors (Lipinski definition) is 3. The maximum absolute atomic E-state index is 6.17. The molecule has 1 atom stereocenters. The first-order valence-corrected chi connectivity index (χ1v) is 6.72. The van der Waals surface area contributed by atoms with Crippen LogP contribution in [0.25, 0.3) is 0 Å². The lowest BCUT2D eigenvalue weighted by molar-refractivity contribution is 0.891. The van der Waals surface area contributed by atoms with E-state index in [1.807, 2.05) is 6.07 Å². The van der Waals surface area contributed by atoms with Crippen LogP contribution in [0.1, 0.15) is 21.4 Å². The van der Waals surface area contributed by atoms with Crippen LogP contribution in [0.15, 0.2) is 27.4 Å². The highest BCUT2D eigenvalue weighted by atomic mass is 79.9. The van der Waals surface area contributed by atoms with Crippen LogP contribution in [-0.4, -0.2) is 0 Å². The largest absolute Gasteiger partial charge is 0.320 e. The van der Waals surface area contributed by atoms with E-state index in [-0.39, 0.29) is 6.04 Å². The van der Waals surface area contributed by atoms with Crippen molar-refractivity contribution >= 4 is 38.6 Å². The highest BCUT2D eigenvalue weighted by molar-refractivity contribution is 9.11. The Bertz CT molecular complexity index is 419. The third-order valence-corrected chi connectivity index (χ3v) is 4.64. The van der Waals surface area contributed by atoms with E-state index >= 15 is 0 Å². The molecule has 2 heterocycles. The molecule has 0 saturated heterocycles. The second-order valence-corrected chi connectivity index (χ2v) is 6.67. The van der Waals surface area contributed by atoms with Crippen molar-refractivity contribution in [3.05, 3.63) is 42.7 Å². The smallest absolute Gasteiger partial charge is 0.0704 e. The van der Waals surface area contributed by atoms with Crippen LogP contribution in [0.5, 0.6) is 0 Å². The Balaban J connectivity index is 2.36. The molecular formula is C10H10BrNS2. The lowest BCUT2D eigenvalue weighted by Crippen LogP contribution is -2.09. The molecule has 2 aromatic rings. The molecule has 0 aliphatic rings. The van der Waals surface area contributed by atoms with Crippen LogP contribution in [0, 0.1) is 6.92 Å². The minimum atomic E-state index is 0.0255. The van der Waals surface area contributed by atoms with E-state index in [2.05, 4.69) is 40.4 Å². The summed E-state index contributed by atoms with van der Waals surface area (Å²) in [5.41, 5.74) is 7.40. The molecule has 0 fully saturated rings. The number of halogens is 1. The van der Waals surface area contributed by atoms with Crippen molar-refractivity contribution in [3.63, 3.8) is 0 Å². The van der Waals surface area contributed by atoms with Crippen LogP contribution in [0.3, 0.4) is 0 Å². The van der Waals surface area contributed by atoms with Crippen LogP contribution in [-0.2, 0) is 0 Å². The molecule has 1 unspecified atom stereocenters. The minimum absolute atomic E-state index is 0.0255. The van der Waals surface area contributed by atoms with Crippen molar-refractivity contribution in [1.29, 1.82) is 0 Å². The monoisotopic (exact) mass is 287 g/mol. The average molecular weight is 288 g/mol. The molecule has 0 radical (unpaired) electrons. The van der Waals surface area contributed by atoms with Crippen LogP contribution in [0.2, 0.25) is 0 Å². The molecule has 0 spiro atoms. The van der Waals surface area contributed by atoms with E-state index in [0.29, 0.717) is 0 Å².